The monoisotopic (exact) mass is 272 g/mol. The Morgan fingerprint density at radius 1 is 1.21 bits per heavy atom. The summed E-state index contributed by atoms with van der Waals surface area (Å²) in [5.41, 5.74) is 0.293. The Balaban J connectivity index is 1.87. The zero-order valence-electron chi connectivity index (χ0n) is 11.3. The van der Waals surface area contributed by atoms with E-state index in [-0.39, 0.29) is 11.7 Å². The molecule has 1 aromatic rings. The van der Waals surface area contributed by atoms with Crippen LogP contribution in [0.4, 0.5) is 13.2 Å². The van der Waals surface area contributed by atoms with Crippen molar-refractivity contribution in [3.8, 4) is 0 Å². The molecule has 1 atom stereocenters. The number of rotatable bonds is 3. The van der Waals surface area contributed by atoms with Crippen LogP contribution in [0.25, 0.3) is 0 Å². The van der Waals surface area contributed by atoms with Gasteiger partial charge in [-0.3, -0.25) is 0 Å². The highest BCUT2D eigenvalue weighted by atomic mass is 19.4. The molecule has 4 heteroatoms. The van der Waals surface area contributed by atoms with Gasteiger partial charge < -0.3 is 4.74 Å². The molecule has 0 unspecified atom stereocenters. The molecule has 19 heavy (non-hydrogen) atoms. The molecule has 0 aromatic heterocycles. The molecule has 1 aliphatic rings. The van der Waals surface area contributed by atoms with Crippen molar-refractivity contribution in [1.82, 2.24) is 0 Å². The molecule has 0 saturated carbocycles. The average molecular weight is 272 g/mol. The van der Waals surface area contributed by atoms with Crippen molar-refractivity contribution in [2.24, 2.45) is 0 Å². The minimum absolute atomic E-state index is 0.0508. The molecule has 1 heterocycles. The third kappa shape index (κ3) is 3.96. The van der Waals surface area contributed by atoms with Crippen LogP contribution in [0.1, 0.15) is 44.2 Å². The Labute approximate surface area is 111 Å². The molecule has 0 amide bonds. The first-order chi connectivity index (χ1) is 8.76. The Morgan fingerprint density at radius 3 is 2.32 bits per heavy atom. The van der Waals surface area contributed by atoms with E-state index >= 15 is 0 Å². The van der Waals surface area contributed by atoms with Gasteiger partial charge in [-0.15, -0.1) is 0 Å². The summed E-state index contributed by atoms with van der Waals surface area (Å²) in [6, 6.07) is 5.41. The molecular formula is C15H19F3O. The van der Waals surface area contributed by atoms with Crippen LogP contribution < -0.4 is 0 Å². The van der Waals surface area contributed by atoms with Gasteiger partial charge in [0.2, 0.25) is 0 Å². The Hall–Kier alpha value is -1.03. The van der Waals surface area contributed by atoms with E-state index in [1.54, 1.807) is 12.1 Å². The Kier molecular flexibility index (Phi) is 3.90. The van der Waals surface area contributed by atoms with Crippen LogP contribution in [0.15, 0.2) is 24.3 Å². The smallest absolute Gasteiger partial charge is 0.372 e. The predicted octanol–water partition coefficient (Wildman–Crippen LogP) is 4.60. The first kappa shape index (κ1) is 14.4. The highest BCUT2D eigenvalue weighted by molar-refractivity contribution is 5.24. The van der Waals surface area contributed by atoms with Gasteiger partial charge in [-0.05, 0) is 57.2 Å². The fraction of sp³-hybridized carbons (Fsp3) is 0.600. The van der Waals surface area contributed by atoms with Gasteiger partial charge in [0.1, 0.15) is 0 Å². The maximum atomic E-state index is 12.4. The molecule has 0 bridgehead atoms. The molecule has 1 aromatic carbocycles. The largest absolute Gasteiger partial charge is 0.416 e. The fourth-order valence-electron chi connectivity index (χ4n) is 2.47. The van der Waals surface area contributed by atoms with Gasteiger partial charge in [-0.2, -0.15) is 13.2 Å². The highest BCUT2D eigenvalue weighted by Crippen LogP contribution is 2.32. The summed E-state index contributed by atoms with van der Waals surface area (Å²) in [7, 11) is 0. The van der Waals surface area contributed by atoms with Crippen molar-refractivity contribution in [3.05, 3.63) is 35.4 Å². The quantitative estimate of drug-likeness (QED) is 0.781. The van der Waals surface area contributed by atoms with Gasteiger partial charge in [0.05, 0.1) is 17.3 Å². The summed E-state index contributed by atoms with van der Waals surface area (Å²) >= 11 is 0. The number of ether oxygens (including phenoxy) is 1. The van der Waals surface area contributed by atoms with Crippen molar-refractivity contribution in [2.75, 3.05) is 0 Å². The van der Waals surface area contributed by atoms with E-state index in [2.05, 4.69) is 13.8 Å². The second-order valence-electron chi connectivity index (χ2n) is 5.77. The number of alkyl halides is 3. The average Bonchev–Trinajstić information content (AvgIpc) is 2.66. The summed E-state index contributed by atoms with van der Waals surface area (Å²) in [6.07, 6.45) is -0.305. The third-order valence-corrected chi connectivity index (χ3v) is 3.59. The topological polar surface area (TPSA) is 9.23 Å². The number of hydrogen-bond acceptors (Lipinski definition) is 1. The predicted molar refractivity (Wildman–Crippen MR) is 68.0 cm³/mol. The summed E-state index contributed by atoms with van der Waals surface area (Å²) < 4.78 is 43.1. The van der Waals surface area contributed by atoms with Crippen molar-refractivity contribution in [2.45, 2.75) is 57.4 Å². The lowest BCUT2D eigenvalue weighted by molar-refractivity contribution is -0.137. The first-order valence-electron chi connectivity index (χ1n) is 6.60. The maximum absolute atomic E-state index is 12.4. The van der Waals surface area contributed by atoms with Crippen molar-refractivity contribution >= 4 is 0 Å². The molecule has 1 aliphatic heterocycles. The van der Waals surface area contributed by atoms with Gasteiger partial charge in [-0.1, -0.05) is 12.1 Å². The minimum Gasteiger partial charge on any atom is -0.372 e. The van der Waals surface area contributed by atoms with Crippen LogP contribution in [-0.4, -0.2) is 11.7 Å². The van der Waals surface area contributed by atoms with Gasteiger partial charge in [0.25, 0.3) is 0 Å². The minimum atomic E-state index is -4.25. The third-order valence-electron chi connectivity index (χ3n) is 3.59. The zero-order valence-corrected chi connectivity index (χ0v) is 11.3. The summed E-state index contributed by atoms with van der Waals surface area (Å²) in [5.74, 6) is 0. The van der Waals surface area contributed by atoms with E-state index in [1.807, 2.05) is 0 Å². The van der Waals surface area contributed by atoms with E-state index in [4.69, 9.17) is 4.74 Å². The normalized spacial score (nSPS) is 22.7. The second-order valence-corrected chi connectivity index (χ2v) is 5.77. The van der Waals surface area contributed by atoms with E-state index in [1.165, 1.54) is 0 Å². The number of hydrogen-bond donors (Lipinski definition) is 0. The maximum Gasteiger partial charge on any atom is 0.416 e. The SMILES string of the molecule is CC1(C)CC[C@H](CCc2ccc(C(F)(F)F)cc2)O1. The molecule has 0 spiro atoms. The lowest BCUT2D eigenvalue weighted by Crippen LogP contribution is -2.20. The summed E-state index contributed by atoms with van der Waals surface area (Å²) in [5, 5.41) is 0. The molecule has 106 valence electrons. The van der Waals surface area contributed by atoms with E-state index in [0.717, 1.165) is 43.4 Å². The number of benzene rings is 1. The van der Waals surface area contributed by atoms with Crippen LogP contribution >= 0.6 is 0 Å². The summed E-state index contributed by atoms with van der Waals surface area (Å²) in [6.45, 7) is 4.15. The van der Waals surface area contributed by atoms with E-state index in [0.29, 0.717) is 0 Å². The summed E-state index contributed by atoms with van der Waals surface area (Å²) in [4.78, 5) is 0. The molecule has 1 fully saturated rings. The van der Waals surface area contributed by atoms with Gasteiger partial charge >= 0.3 is 6.18 Å². The second kappa shape index (κ2) is 5.16. The molecule has 0 N–H and O–H groups in total. The fourth-order valence-corrected chi connectivity index (χ4v) is 2.47. The van der Waals surface area contributed by atoms with Crippen LogP contribution in [0, 0.1) is 0 Å². The van der Waals surface area contributed by atoms with E-state index < -0.39 is 11.7 Å². The highest BCUT2D eigenvalue weighted by Gasteiger charge is 2.31. The number of halogens is 3. The Morgan fingerprint density at radius 2 is 1.84 bits per heavy atom. The van der Waals surface area contributed by atoms with Crippen molar-refractivity contribution in [3.63, 3.8) is 0 Å². The van der Waals surface area contributed by atoms with Gasteiger partial charge in [0.15, 0.2) is 0 Å². The molecule has 0 aliphatic carbocycles. The Bertz CT molecular complexity index is 420. The van der Waals surface area contributed by atoms with Gasteiger partial charge in [-0.25, -0.2) is 0 Å². The molecule has 0 radical (unpaired) electrons. The molecule has 1 nitrogen and oxygen atoms in total. The van der Waals surface area contributed by atoms with Crippen LogP contribution in [0.5, 0.6) is 0 Å². The standard InChI is InChI=1S/C15H19F3O/c1-14(2)10-9-13(19-14)8-5-11-3-6-12(7-4-11)15(16,17)18/h3-4,6-7,13H,5,8-10H2,1-2H3/t13-/m0/s1. The molecular weight excluding hydrogens is 253 g/mol. The lowest BCUT2D eigenvalue weighted by Gasteiger charge is -2.19. The molecule has 2 rings (SSSR count). The first-order valence-corrected chi connectivity index (χ1v) is 6.60. The van der Waals surface area contributed by atoms with Crippen molar-refractivity contribution in [1.29, 1.82) is 0 Å². The number of aryl methyl sites for hydroxylation is 1. The van der Waals surface area contributed by atoms with E-state index in [9.17, 15) is 13.2 Å². The molecule has 1 saturated heterocycles. The van der Waals surface area contributed by atoms with Gasteiger partial charge in [0, 0.05) is 0 Å². The zero-order chi connectivity index (χ0) is 14.1. The van der Waals surface area contributed by atoms with Crippen LogP contribution in [-0.2, 0) is 17.3 Å². The van der Waals surface area contributed by atoms with Crippen molar-refractivity contribution < 1.29 is 17.9 Å². The van der Waals surface area contributed by atoms with Crippen LogP contribution in [0.3, 0.4) is 0 Å². The lowest BCUT2D eigenvalue weighted by atomic mass is 10.0. The van der Waals surface area contributed by atoms with Crippen LogP contribution in [0.2, 0.25) is 0 Å².